The van der Waals surface area contributed by atoms with Crippen LogP contribution in [0.25, 0.3) is 0 Å². The third-order valence-corrected chi connectivity index (χ3v) is 3.75. The second-order valence-corrected chi connectivity index (χ2v) is 5.67. The molecule has 0 aromatic heterocycles. The van der Waals surface area contributed by atoms with Gasteiger partial charge in [0.15, 0.2) is 0 Å². The van der Waals surface area contributed by atoms with E-state index in [1.54, 1.807) is 13.0 Å². The normalized spacial score (nSPS) is 21.1. The van der Waals surface area contributed by atoms with Crippen LogP contribution in [0.15, 0.2) is 18.2 Å². The molecule has 2 unspecified atom stereocenters. The number of aromatic hydroxyl groups is 1. The summed E-state index contributed by atoms with van der Waals surface area (Å²) in [6, 6.07) is 6.10. The summed E-state index contributed by atoms with van der Waals surface area (Å²) in [6.45, 7) is 3.73. The Balaban J connectivity index is 2.19. The lowest BCUT2D eigenvalue weighted by Gasteiger charge is -2.29. The standard InChI is InChI=1S/C15H24N2O2/c1-11(18)14-7-6-12(9-15(14)19)17-8-4-5-13(17)10-16(2)3/h6-7,9,11,13,18-19H,4-5,8,10H2,1-3H3. The summed E-state index contributed by atoms with van der Waals surface area (Å²) in [6.07, 6.45) is 1.75. The van der Waals surface area contributed by atoms with Gasteiger partial charge in [-0.3, -0.25) is 0 Å². The number of nitrogens with zero attached hydrogens (tertiary/aromatic N) is 2. The molecule has 2 rings (SSSR count). The zero-order valence-electron chi connectivity index (χ0n) is 12.0. The Labute approximate surface area is 115 Å². The summed E-state index contributed by atoms with van der Waals surface area (Å²) in [5.41, 5.74) is 1.64. The molecule has 4 nitrogen and oxygen atoms in total. The van der Waals surface area contributed by atoms with Crippen LogP contribution in [0.3, 0.4) is 0 Å². The summed E-state index contributed by atoms with van der Waals surface area (Å²) in [7, 11) is 4.18. The van der Waals surface area contributed by atoms with Gasteiger partial charge in [-0.25, -0.2) is 0 Å². The average molecular weight is 264 g/mol. The predicted octanol–water partition coefficient (Wildman–Crippen LogP) is 1.98. The fraction of sp³-hybridized carbons (Fsp3) is 0.600. The minimum Gasteiger partial charge on any atom is -0.507 e. The van der Waals surface area contributed by atoms with Crippen molar-refractivity contribution in [1.29, 1.82) is 0 Å². The molecule has 2 N–H and O–H groups in total. The molecule has 1 heterocycles. The topological polar surface area (TPSA) is 46.9 Å². The maximum atomic E-state index is 9.99. The van der Waals surface area contributed by atoms with Crippen LogP contribution < -0.4 is 4.90 Å². The van der Waals surface area contributed by atoms with Crippen molar-refractivity contribution in [3.05, 3.63) is 23.8 Å². The highest BCUT2D eigenvalue weighted by molar-refractivity contribution is 5.55. The van der Waals surface area contributed by atoms with Crippen molar-refractivity contribution < 1.29 is 10.2 Å². The summed E-state index contributed by atoms with van der Waals surface area (Å²) >= 11 is 0. The molecule has 1 aromatic rings. The first-order chi connectivity index (χ1) is 8.99. The Morgan fingerprint density at radius 1 is 1.42 bits per heavy atom. The molecule has 0 spiro atoms. The van der Waals surface area contributed by atoms with E-state index in [1.165, 1.54) is 12.8 Å². The fourth-order valence-corrected chi connectivity index (χ4v) is 2.85. The molecule has 106 valence electrons. The molecule has 19 heavy (non-hydrogen) atoms. The van der Waals surface area contributed by atoms with Crippen molar-refractivity contribution in [3.8, 4) is 5.75 Å². The van der Waals surface area contributed by atoms with Gasteiger partial charge in [0, 0.05) is 36.4 Å². The molecule has 0 amide bonds. The maximum absolute atomic E-state index is 9.99. The van der Waals surface area contributed by atoms with Crippen molar-refractivity contribution >= 4 is 5.69 Å². The van der Waals surface area contributed by atoms with Crippen LogP contribution in [0, 0.1) is 0 Å². The minimum absolute atomic E-state index is 0.183. The molecule has 1 fully saturated rings. The lowest BCUT2D eigenvalue weighted by Crippen LogP contribution is -2.37. The predicted molar refractivity (Wildman–Crippen MR) is 77.7 cm³/mol. The highest BCUT2D eigenvalue weighted by Crippen LogP contribution is 2.32. The highest BCUT2D eigenvalue weighted by atomic mass is 16.3. The van der Waals surface area contributed by atoms with Crippen LogP contribution in [-0.4, -0.2) is 48.3 Å². The van der Waals surface area contributed by atoms with Crippen molar-refractivity contribution in [3.63, 3.8) is 0 Å². The van der Waals surface area contributed by atoms with Gasteiger partial charge in [-0.15, -0.1) is 0 Å². The first kappa shape index (κ1) is 14.2. The van der Waals surface area contributed by atoms with Gasteiger partial charge in [0.2, 0.25) is 0 Å². The quantitative estimate of drug-likeness (QED) is 0.873. The van der Waals surface area contributed by atoms with Crippen molar-refractivity contribution in [1.82, 2.24) is 4.90 Å². The Bertz CT molecular complexity index is 432. The van der Waals surface area contributed by atoms with E-state index in [2.05, 4.69) is 23.9 Å². The molecule has 4 heteroatoms. The highest BCUT2D eigenvalue weighted by Gasteiger charge is 2.25. The van der Waals surface area contributed by atoms with Crippen LogP contribution in [0.5, 0.6) is 5.75 Å². The van der Waals surface area contributed by atoms with Gasteiger partial charge >= 0.3 is 0 Å². The van der Waals surface area contributed by atoms with E-state index in [-0.39, 0.29) is 5.75 Å². The molecule has 1 saturated heterocycles. The van der Waals surface area contributed by atoms with E-state index < -0.39 is 6.10 Å². The van der Waals surface area contributed by atoms with Gasteiger partial charge in [0.05, 0.1) is 6.10 Å². The lowest BCUT2D eigenvalue weighted by molar-refractivity contribution is 0.195. The molecule has 0 aliphatic carbocycles. The molecular formula is C15H24N2O2. The monoisotopic (exact) mass is 264 g/mol. The van der Waals surface area contributed by atoms with Gasteiger partial charge in [-0.2, -0.15) is 0 Å². The van der Waals surface area contributed by atoms with E-state index in [4.69, 9.17) is 0 Å². The Morgan fingerprint density at radius 2 is 2.16 bits per heavy atom. The number of likely N-dealkylation sites (N-methyl/N-ethyl adjacent to an activating group) is 1. The third-order valence-electron chi connectivity index (χ3n) is 3.75. The summed E-state index contributed by atoms with van der Waals surface area (Å²) in [5.74, 6) is 0.183. The SMILES string of the molecule is CC(O)c1ccc(N2CCCC2CN(C)C)cc1O. The second-order valence-electron chi connectivity index (χ2n) is 5.67. The molecule has 1 aliphatic rings. The number of anilines is 1. The van der Waals surface area contributed by atoms with Crippen LogP contribution in [0.1, 0.15) is 31.4 Å². The number of rotatable bonds is 4. The van der Waals surface area contributed by atoms with Gasteiger partial charge in [0.25, 0.3) is 0 Å². The summed E-state index contributed by atoms with van der Waals surface area (Å²) in [5, 5.41) is 19.5. The van der Waals surface area contributed by atoms with E-state index in [0.29, 0.717) is 11.6 Å². The van der Waals surface area contributed by atoms with Crippen molar-refractivity contribution in [2.75, 3.05) is 32.1 Å². The number of aliphatic hydroxyl groups is 1. The van der Waals surface area contributed by atoms with E-state index >= 15 is 0 Å². The van der Waals surface area contributed by atoms with Crippen molar-refractivity contribution in [2.45, 2.75) is 31.9 Å². The maximum Gasteiger partial charge on any atom is 0.123 e. The minimum atomic E-state index is -0.634. The number of phenols is 1. The zero-order chi connectivity index (χ0) is 14.0. The second kappa shape index (κ2) is 5.80. The van der Waals surface area contributed by atoms with E-state index in [9.17, 15) is 10.2 Å². The number of phenolic OH excluding ortho intramolecular Hbond substituents is 1. The van der Waals surface area contributed by atoms with Gasteiger partial charge in [0.1, 0.15) is 5.75 Å². The lowest BCUT2D eigenvalue weighted by atomic mass is 10.1. The van der Waals surface area contributed by atoms with Crippen LogP contribution in [0.2, 0.25) is 0 Å². The van der Waals surface area contributed by atoms with E-state index in [0.717, 1.165) is 18.8 Å². The first-order valence-electron chi connectivity index (χ1n) is 6.91. The summed E-state index contributed by atoms with van der Waals surface area (Å²) in [4.78, 5) is 4.55. The molecule has 1 aliphatic heterocycles. The zero-order valence-corrected chi connectivity index (χ0v) is 12.0. The van der Waals surface area contributed by atoms with Crippen molar-refractivity contribution in [2.24, 2.45) is 0 Å². The number of aliphatic hydroxyl groups excluding tert-OH is 1. The number of hydrogen-bond acceptors (Lipinski definition) is 4. The molecule has 1 aromatic carbocycles. The van der Waals surface area contributed by atoms with E-state index in [1.807, 2.05) is 12.1 Å². The molecule has 2 atom stereocenters. The van der Waals surface area contributed by atoms with Gasteiger partial charge < -0.3 is 20.0 Å². The third kappa shape index (κ3) is 3.19. The van der Waals surface area contributed by atoms with Gasteiger partial charge in [-0.1, -0.05) is 6.07 Å². The average Bonchev–Trinajstić information content (AvgIpc) is 2.75. The largest absolute Gasteiger partial charge is 0.507 e. The Kier molecular flexibility index (Phi) is 4.32. The fourth-order valence-electron chi connectivity index (χ4n) is 2.85. The summed E-state index contributed by atoms with van der Waals surface area (Å²) < 4.78 is 0. The molecule has 0 saturated carbocycles. The molecule has 0 bridgehead atoms. The first-order valence-corrected chi connectivity index (χ1v) is 6.91. The van der Waals surface area contributed by atoms with Crippen LogP contribution >= 0.6 is 0 Å². The van der Waals surface area contributed by atoms with Crippen LogP contribution in [-0.2, 0) is 0 Å². The Morgan fingerprint density at radius 3 is 2.74 bits per heavy atom. The van der Waals surface area contributed by atoms with Gasteiger partial charge in [-0.05, 0) is 39.9 Å². The molecular weight excluding hydrogens is 240 g/mol. The Hall–Kier alpha value is -1.26. The smallest absolute Gasteiger partial charge is 0.123 e. The number of benzene rings is 1. The molecule has 0 radical (unpaired) electrons. The number of hydrogen-bond donors (Lipinski definition) is 2. The van der Waals surface area contributed by atoms with Crippen LogP contribution in [0.4, 0.5) is 5.69 Å².